The third-order valence-electron chi connectivity index (χ3n) is 6.02. The molecule has 5 rings (SSSR count). The van der Waals surface area contributed by atoms with Gasteiger partial charge in [0.05, 0.1) is 15.8 Å². The Morgan fingerprint density at radius 1 is 0.952 bits per heavy atom. The predicted molar refractivity (Wildman–Crippen MR) is 159 cm³/mol. The largest absolute Gasteiger partial charge is 0.416 e. The summed E-state index contributed by atoms with van der Waals surface area (Å²) in [6, 6.07) is 13.1. The second-order valence-electron chi connectivity index (χ2n) is 9.29. The van der Waals surface area contributed by atoms with E-state index in [0.29, 0.717) is 29.5 Å². The predicted octanol–water partition coefficient (Wildman–Crippen LogP) is 6.83. The van der Waals surface area contributed by atoms with Gasteiger partial charge in [0.1, 0.15) is 12.1 Å². The summed E-state index contributed by atoms with van der Waals surface area (Å²) in [6.45, 7) is 0.540. The van der Waals surface area contributed by atoms with E-state index < -0.39 is 17.8 Å². The number of benzene rings is 2. The van der Waals surface area contributed by atoms with Crippen molar-refractivity contribution >= 4 is 61.5 Å². The van der Waals surface area contributed by atoms with E-state index in [-0.39, 0.29) is 11.6 Å². The number of carbonyl (C=O) groups is 2. The molecule has 0 unspecified atom stereocenters. The second-order valence-corrected chi connectivity index (χ2v) is 11.5. The molecule has 3 N–H and O–H groups in total. The van der Waals surface area contributed by atoms with Crippen molar-refractivity contribution in [3.63, 3.8) is 0 Å². The van der Waals surface area contributed by atoms with Crippen molar-refractivity contribution in [2.75, 3.05) is 36.6 Å². The van der Waals surface area contributed by atoms with E-state index in [1.165, 1.54) is 34.7 Å². The van der Waals surface area contributed by atoms with Crippen LogP contribution in [0.25, 0.3) is 20.7 Å². The van der Waals surface area contributed by atoms with Gasteiger partial charge in [0.15, 0.2) is 5.13 Å². The third kappa shape index (κ3) is 6.83. The van der Waals surface area contributed by atoms with E-state index in [1.54, 1.807) is 43.8 Å². The van der Waals surface area contributed by atoms with Crippen LogP contribution in [-0.2, 0) is 12.6 Å². The highest BCUT2D eigenvalue weighted by molar-refractivity contribution is 7.22. The Balaban J connectivity index is 1.17. The van der Waals surface area contributed by atoms with Gasteiger partial charge in [-0.25, -0.2) is 19.7 Å². The van der Waals surface area contributed by atoms with Crippen LogP contribution in [0, 0.1) is 0 Å². The molecule has 3 aromatic heterocycles. The van der Waals surface area contributed by atoms with Crippen LogP contribution in [0.1, 0.15) is 20.8 Å². The van der Waals surface area contributed by atoms with Gasteiger partial charge in [-0.3, -0.25) is 10.1 Å². The minimum absolute atomic E-state index is 0.0210. The Hall–Kier alpha value is -4.56. The van der Waals surface area contributed by atoms with Gasteiger partial charge in [-0.05, 0) is 42.0 Å². The number of nitrogens with zero attached hydrogens (tertiary/aromatic N) is 4. The fraction of sp³-hybridized carbons (Fsp3) is 0.179. The number of fused-ring (bicyclic) bond motifs is 1. The maximum Gasteiger partial charge on any atom is 0.416 e. The maximum absolute atomic E-state index is 12.9. The number of amides is 3. The zero-order chi connectivity index (χ0) is 29.9. The molecule has 3 heterocycles. The molecule has 14 heteroatoms. The van der Waals surface area contributed by atoms with Crippen LogP contribution in [0.15, 0.2) is 67.1 Å². The minimum atomic E-state index is -4.50. The molecular formula is C28H24F3N7O2S2. The van der Waals surface area contributed by atoms with Crippen molar-refractivity contribution in [2.45, 2.75) is 12.6 Å². The molecule has 0 saturated carbocycles. The van der Waals surface area contributed by atoms with Crippen LogP contribution in [0.5, 0.6) is 0 Å². The molecular weight excluding hydrogens is 587 g/mol. The fourth-order valence-corrected chi connectivity index (χ4v) is 5.86. The summed E-state index contributed by atoms with van der Waals surface area (Å²) in [5.74, 6) is 0.636. The zero-order valence-electron chi connectivity index (χ0n) is 22.3. The lowest BCUT2D eigenvalue weighted by molar-refractivity contribution is -0.137. The van der Waals surface area contributed by atoms with Gasteiger partial charge in [0.25, 0.3) is 5.91 Å². The van der Waals surface area contributed by atoms with Gasteiger partial charge in [-0.15, -0.1) is 22.7 Å². The fourth-order valence-electron chi connectivity index (χ4n) is 3.98. The van der Waals surface area contributed by atoms with Gasteiger partial charge in [0.2, 0.25) is 0 Å². The standard InChI is InChI=1S/C28H24F3N7O2S2/c1-38(2)25(39)17-8-6-16(7-9-17)22-13-21-23(42-22)24(35-15-34-21)32-11-10-20-14-33-27(41-20)37-26(40)36-19-5-3-4-18(12-19)28(29,30)31/h3-9,12-15H,10-11H2,1-2H3,(H,32,34,35)(H2,33,36,37,40). The van der Waals surface area contributed by atoms with Gasteiger partial charge >= 0.3 is 12.2 Å². The Morgan fingerprint density at radius 2 is 1.74 bits per heavy atom. The number of halogens is 3. The number of urea groups is 1. The highest BCUT2D eigenvalue weighted by atomic mass is 32.1. The summed E-state index contributed by atoms with van der Waals surface area (Å²) in [4.78, 5) is 40.9. The summed E-state index contributed by atoms with van der Waals surface area (Å²) < 4.78 is 39.6. The van der Waals surface area contributed by atoms with Gasteiger partial charge in [0, 0.05) is 54.3 Å². The first-order chi connectivity index (χ1) is 20.1. The lowest BCUT2D eigenvalue weighted by Crippen LogP contribution is -2.21. The number of anilines is 3. The van der Waals surface area contributed by atoms with Crippen molar-refractivity contribution in [1.29, 1.82) is 0 Å². The number of alkyl halides is 3. The van der Waals surface area contributed by atoms with E-state index in [2.05, 4.69) is 30.9 Å². The van der Waals surface area contributed by atoms with Gasteiger partial charge in [-0.1, -0.05) is 18.2 Å². The highest BCUT2D eigenvalue weighted by Crippen LogP contribution is 2.36. The van der Waals surface area contributed by atoms with E-state index in [4.69, 9.17) is 0 Å². The van der Waals surface area contributed by atoms with Crippen LogP contribution in [0.4, 0.5) is 34.6 Å². The number of carbonyl (C=O) groups excluding carboxylic acids is 2. The molecule has 0 aliphatic heterocycles. The monoisotopic (exact) mass is 611 g/mol. The summed E-state index contributed by atoms with van der Waals surface area (Å²) in [5.41, 5.74) is 1.56. The Kier molecular flexibility index (Phi) is 8.36. The van der Waals surface area contributed by atoms with Crippen LogP contribution >= 0.6 is 22.7 Å². The maximum atomic E-state index is 12.9. The average molecular weight is 612 g/mol. The molecule has 0 aliphatic carbocycles. The van der Waals surface area contributed by atoms with E-state index in [9.17, 15) is 22.8 Å². The molecule has 0 saturated heterocycles. The molecule has 0 atom stereocenters. The molecule has 0 spiro atoms. The van der Waals surface area contributed by atoms with Crippen molar-refractivity contribution in [1.82, 2.24) is 19.9 Å². The quantitative estimate of drug-likeness (QED) is 0.177. The third-order valence-corrected chi connectivity index (χ3v) is 8.17. The van der Waals surface area contributed by atoms with Crippen molar-refractivity contribution in [3.05, 3.63) is 83.1 Å². The van der Waals surface area contributed by atoms with E-state index >= 15 is 0 Å². The number of rotatable bonds is 8. The van der Waals surface area contributed by atoms with Crippen molar-refractivity contribution < 1.29 is 22.8 Å². The summed E-state index contributed by atoms with van der Waals surface area (Å²) in [5, 5.41) is 8.60. The van der Waals surface area contributed by atoms with Crippen LogP contribution in [0.3, 0.4) is 0 Å². The lowest BCUT2D eigenvalue weighted by Gasteiger charge is -2.10. The number of nitrogens with one attached hydrogen (secondary N) is 3. The smallest absolute Gasteiger partial charge is 0.368 e. The molecule has 9 nitrogen and oxygen atoms in total. The SMILES string of the molecule is CN(C)C(=O)c1ccc(-c2cc3ncnc(NCCc4cnc(NC(=O)Nc5cccc(C(F)(F)F)c5)s4)c3s2)cc1. The summed E-state index contributed by atoms with van der Waals surface area (Å²) in [6.07, 6.45) is -0.774. The number of thiophene rings is 1. The normalized spacial score (nSPS) is 11.4. The van der Waals surface area contributed by atoms with Crippen molar-refractivity contribution in [2.24, 2.45) is 0 Å². The lowest BCUT2D eigenvalue weighted by atomic mass is 10.1. The summed E-state index contributed by atoms with van der Waals surface area (Å²) in [7, 11) is 3.43. The number of thiazole rings is 1. The first kappa shape index (κ1) is 29.0. The van der Waals surface area contributed by atoms with Gasteiger partial charge in [-0.2, -0.15) is 13.2 Å². The Bertz CT molecular complexity index is 1730. The van der Waals surface area contributed by atoms with Gasteiger partial charge < -0.3 is 15.5 Å². The topological polar surface area (TPSA) is 112 Å². The Morgan fingerprint density at radius 3 is 2.48 bits per heavy atom. The second kappa shape index (κ2) is 12.1. The van der Waals surface area contributed by atoms with Crippen LogP contribution in [-0.4, -0.2) is 52.4 Å². The molecule has 0 bridgehead atoms. The summed E-state index contributed by atoms with van der Waals surface area (Å²) >= 11 is 2.81. The van der Waals surface area contributed by atoms with E-state index in [1.807, 2.05) is 18.2 Å². The van der Waals surface area contributed by atoms with Crippen LogP contribution < -0.4 is 16.0 Å². The molecule has 2 aromatic carbocycles. The van der Waals surface area contributed by atoms with E-state index in [0.717, 1.165) is 37.7 Å². The first-order valence-electron chi connectivity index (χ1n) is 12.6. The number of hydrogen-bond donors (Lipinski definition) is 3. The van der Waals surface area contributed by atoms with Crippen LogP contribution in [0.2, 0.25) is 0 Å². The molecule has 5 aromatic rings. The molecule has 0 fully saturated rings. The molecule has 0 aliphatic rings. The molecule has 42 heavy (non-hydrogen) atoms. The molecule has 3 amide bonds. The minimum Gasteiger partial charge on any atom is -0.368 e. The number of aromatic nitrogens is 3. The first-order valence-corrected chi connectivity index (χ1v) is 14.2. The number of hydrogen-bond acceptors (Lipinski definition) is 8. The zero-order valence-corrected chi connectivity index (χ0v) is 24.0. The van der Waals surface area contributed by atoms with Crippen molar-refractivity contribution in [3.8, 4) is 10.4 Å². The highest BCUT2D eigenvalue weighted by Gasteiger charge is 2.30. The molecule has 0 radical (unpaired) electrons. The Labute approximate surface area is 246 Å². The molecule has 216 valence electrons. The average Bonchev–Trinajstić information content (AvgIpc) is 3.60.